The van der Waals surface area contributed by atoms with Gasteiger partial charge in [0.1, 0.15) is 0 Å². The highest BCUT2D eigenvalue weighted by atomic mass is 35.5. The lowest BCUT2D eigenvalue weighted by atomic mass is 9.98. The Morgan fingerprint density at radius 3 is 2.48 bits per heavy atom. The van der Waals surface area contributed by atoms with Crippen molar-refractivity contribution in [3.05, 3.63) is 63.6 Å². The van der Waals surface area contributed by atoms with E-state index in [0.29, 0.717) is 22.2 Å². The van der Waals surface area contributed by atoms with Crippen LogP contribution < -0.4 is 4.90 Å². The third-order valence-electron chi connectivity index (χ3n) is 4.12. The summed E-state index contributed by atoms with van der Waals surface area (Å²) in [5.41, 5.74) is 2.30. The number of halogens is 2. The topological polar surface area (TPSA) is 37.4 Å². The number of imide groups is 1. The Labute approximate surface area is 144 Å². The Bertz CT molecular complexity index is 771. The van der Waals surface area contributed by atoms with Crippen molar-refractivity contribution in [2.24, 2.45) is 5.92 Å². The maximum absolute atomic E-state index is 12.7. The molecule has 1 aliphatic heterocycles. The minimum Gasteiger partial charge on any atom is -0.274 e. The summed E-state index contributed by atoms with van der Waals surface area (Å²) < 4.78 is 0. The fourth-order valence-corrected chi connectivity index (χ4v) is 3.15. The Morgan fingerprint density at radius 1 is 1.09 bits per heavy atom. The average Bonchev–Trinajstić information content (AvgIpc) is 2.79. The van der Waals surface area contributed by atoms with Gasteiger partial charge in [0.05, 0.1) is 11.6 Å². The second-order valence-electron chi connectivity index (χ2n) is 5.68. The van der Waals surface area contributed by atoms with Crippen LogP contribution in [0.15, 0.2) is 42.5 Å². The summed E-state index contributed by atoms with van der Waals surface area (Å²) in [6, 6.07) is 12.6. The van der Waals surface area contributed by atoms with E-state index in [1.54, 1.807) is 30.3 Å². The summed E-state index contributed by atoms with van der Waals surface area (Å²) in [5, 5.41) is 1.20. The van der Waals surface area contributed by atoms with Gasteiger partial charge in [-0.15, -0.1) is 0 Å². The van der Waals surface area contributed by atoms with Crippen molar-refractivity contribution < 1.29 is 9.59 Å². The Morgan fingerprint density at radius 2 is 1.78 bits per heavy atom. The number of amides is 2. The highest BCUT2D eigenvalue weighted by molar-refractivity contribution is 6.32. The predicted octanol–water partition coefficient (Wildman–Crippen LogP) is 4.42. The molecular weight excluding hydrogens is 333 g/mol. The molecule has 1 heterocycles. The van der Waals surface area contributed by atoms with Gasteiger partial charge in [-0.25, -0.2) is 4.90 Å². The van der Waals surface area contributed by atoms with Gasteiger partial charge in [0.25, 0.3) is 0 Å². The number of hydrogen-bond donors (Lipinski definition) is 0. The Balaban J connectivity index is 1.85. The van der Waals surface area contributed by atoms with Crippen LogP contribution in [0.5, 0.6) is 0 Å². The number of rotatable bonds is 3. The van der Waals surface area contributed by atoms with Crippen molar-refractivity contribution in [2.45, 2.75) is 19.8 Å². The van der Waals surface area contributed by atoms with E-state index in [0.717, 1.165) is 11.1 Å². The second-order valence-corrected chi connectivity index (χ2v) is 6.53. The van der Waals surface area contributed by atoms with E-state index in [4.69, 9.17) is 23.2 Å². The van der Waals surface area contributed by atoms with E-state index < -0.39 is 0 Å². The summed E-state index contributed by atoms with van der Waals surface area (Å²) in [6.07, 6.45) is 0.741. The quantitative estimate of drug-likeness (QED) is 0.770. The number of carbonyl (C=O) groups is 2. The van der Waals surface area contributed by atoms with Gasteiger partial charge in [-0.1, -0.05) is 41.4 Å². The molecule has 0 radical (unpaired) electrons. The van der Waals surface area contributed by atoms with Gasteiger partial charge >= 0.3 is 0 Å². The molecule has 0 bridgehead atoms. The molecular formula is C18H15Cl2NO2. The fourth-order valence-electron chi connectivity index (χ4n) is 2.85. The van der Waals surface area contributed by atoms with Crippen LogP contribution in [0.4, 0.5) is 5.69 Å². The molecule has 2 aromatic rings. The number of benzene rings is 2. The van der Waals surface area contributed by atoms with Gasteiger partial charge in [-0.3, -0.25) is 9.59 Å². The molecule has 0 saturated carbocycles. The van der Waals surface area contributed by atoms with Gasteiger partial charge in [0.15, 0.2) is 0 Å². The van der Waals surface area contributed by atoms with E-state index in [1.165, 1.54) is 4.90 Å². The molecule has 0 aromatic heterocycles. The first-order valence-electron chi connectivity index (χ1n) is 7.33. The minimum absolute atomic E-state index is 0.171. The van der Waals surface area contributed by atoms with Crippen molar-refractivity contribution >= 4 is 40.7 Å². The summed E-state index contributed by atoms with van der Waals surface area (Å²) in [7, 11) is 0. The van der Waals surface area contributed by atoms with E-state index in [9.17, 15) is 9.59 Å². The third kappa shape index (κ3) is 3.12. The molecule has 1 atom stereocenters. The zero-order valence-corrected chi connectivity index (χ0v) is 14.1. The molecule has 0 aliphatic carbocycles. The summed E-state index contributed by atoms with van der Waals surface area (Å²) in [4.78, 5) is 26.3. The summed E-state index contributed by atoms with van der Waals surface area (Å²) >= 11 is 12.0. The van der Waals surface area contributed by atoms with E-state index >= 15 is 0 Å². The second kappa shape index (κ2) is 6.34. The normalized spacial score (nSPS) is 17.9. The summed E-state index contributed by atoms with van der Waals surface area (Å²) in [5.74, 6) is -0.697. The van der Waals surface area contributed by atoms with Gasteiger partial charge in [0, 0.05) is 16.5 Å². The molecule has 1 saturated heterocycles. The summed E-state index contributed by atoms with van der Waals surface area (Å²) in [6.45, 7) is 1.81. The van der Waals surface area contributed by atoms with E-state index in [-0.39, 0.29) is 24.2 Å². The molecule has 23 heavy (non-hydrogen) atoms. The molecule has 5 heteroatoms. The monoisotopic (exact) mass is 347 g/mol. The lowest BCUT2D eigenvalue weighted by Crippen LogP contribution is -2.31. The molecule has 3 rings (SSSR count). The van der Waals surface area contributed by atoms with Crippen LogP contribution in [0.2, 0.25) is 10.0 Å². The van der Waals surface area contributed by atoms with Crippen LogP contribution >= 0.6 is 23.2 Å². The van der Waals surface area contributed by atoms with Crippen molar-refractivity contribution in [3.63, 3.8) is 0 Å². The first-order valence-corrected chi connectivity index (χ1v) is 8.09. The molecule has 1 unspecified atom stereocenters. The third-order valence-corrected chi connectivity index (χ3v) is 4.78. The molecule has 118 valence electrons. The maximum atomic E-state index is 12.7. The predicted molar refractivity (Wildman–Crippen MR) is 91.9 cm³/mol. The molecule has 0 spiro atoms. The number of carbonyl (C=O) groups excluding carboxylic acids is 2. The fraction of sp³-hybridized carbons (Fsp3) is 0.222. The first-order chi connectivity index (χ1) is 11.0. The van der Waals surface area contributed by atoms with Crippen molar-refractivity contribution in [1.82, 2.24) is 0 Å². The van der Waals surface area contributed by atoms with Crippen LogP contribution in [0.3, 0.4) is 0 Å². The molecule has 1 fully saturated rings. The van der Waals surface area contributed by atoms with Gasteiger partial charge < -0.3 is 0 Å². The highest BCUT2D eigenvalue weighted by Gasteiger charge is 2.40. The lowest BCUT2D eigenvalue weighted by molar-refractivity contribution is -0.122. The zero-order valence-electron chi connectivity index (χ0n) is 12.6. The first kappa shape index (κ1) is 16.0. The molecule has 3 nitrogen and oxygen atoms in total. The van der Waals surface area contributed by atoms with Crippen LogP contribution in [-0.4, -0.2) is 11.8 Å². The number of anilines is 1. The number of hydrogen-bond acceptors (Lipinski definition) is 2. The molecule has 1 aliphatic rings. The van der Waals surface area contributed by atoms with Crippen LogP contribution in [0.25, 0.3) is 0 Å². The van der Waals surface area contributed by atoms with Gasteiger partial charge in [0.2, 0.25) is 11.8 Å². The van der Waals surface area contributed by atoms with E-state index in [1.807, 2.05) is 19.1 Å². The van der Waals surface area contributed by atoms with Gasteiger partial charge in [-0.2, -0.15) is 0 Å². The largest absolute Gasteiger partial charge is 0.274 e. The van der Waals surface area contributed by atoms with Crippen molar-refractivity contribution in [3.8, 4) is 0 Å². The lowest BCUT2D eigenvalue weighted by Gasteiger charge is -2.18. The molecule has 0 N–H and O–H groups in total. The smallest absolute Gasteiger partial charge is 0.237 e. The SMILES string of the molecule is Cc1c(Cl)cccc1N1C(=O)CC(Cc2ccc(Cl)cc2)C1=O. The Kier molecular flexibility index (Phi) is 4.42. The highest BCUT2D eigenvalue weighted by Crippen LogP contribution is 2.33. The Hall–Kier alpha value is -1.84. The molecule has 2 aromatic carbocycles. The van der Waals surface area contributed by atoms with Crippen LogP contribution in [0, 0.1) is 12.8 Å². The van der Waals surface area contributed by atoms with Gasteiger partial charge in [-0.05, 0) is 48.7 Å². The standard InChI is InChI=1S/C18H15Cl2NO2/c1-11-15(20)3-2-4-16(11)21-17(22)10-13(18(21)23)9-12-5-7-14(19)8-6-12/h2-8,13H,9-10H2,1H3. The zero-order chi connectivity index (χ0) is 16.6. The van der Waals surface area contributed by atoms with Crippen LogP contribution in [-0.2, 0) is 16.0 Å². The number of nitrogens with zero attached hydrogens (tertiary/aromatic N) is 1. The minimum atomic E-state index is -0.345. The van der Waals surface area contributed by atoms with Crippen molar-refractivity contribution in [1.29, 1.82) is 0 Å². The van der Waals surface area contributed by atoms with Crippen LogP contribution in [0.1, 0.15) is 17.5 Å². The van der Waals surface area contributed by atoms with E-state index in [2.05, 4.69) is 0 Å². The maximum Gasteiger partial charge on any atom is 0.237 e. The molecule has 2 amide bonds. The average molecular weight is 348 g/mol. The van der Waals surface area contributed by atoms with Crippen molar-refractivity contribution in [2.75, 3.05) is 4.90 Å².